The van der Waals surface area contributed by atoms with Gasteiger partial charge in [0.05, 0.1) is 11.4 Å². The fourth-order valence-corrected chi connectivity index (χ4v) is 3.27. The Balaban J connectivity index is 2.35. The number of halogens is 1. The second-order valence-electron chi connectivity index (χ2n) is 6.52. The molecule has 0 saturated heterocycles. The topological polar surface area (TPSA) is 29.3 Å². The molecule has 1 aliphatic carbocycles. The highest BCUT2D eigenvalue weighted by molar-refractivity contribution is 5.69. The normalized spacial score (nSPS) is 16.6. The fraction of sp³-hybridized carbons (Fsp3) is 0.647. The molecule has 0 spiro atoms. The lowest BCUT2D eigenvalue weighted by Crippen LogP contribution is -2.40. The molecular weight excluding hydrogens is 251 g/mol. The lowest BCUT2D eigenvalue weighted by atomic mass is 9.92. The van der Waals surface area contributed by atoms with Crippen molar-refractivity contribution in [2.24, 2.45) is 5.92 Å². The molecule has 0 unspecified atom stereocenters. The molecule has 0 heterocycles. The van der Waals surface area contributed by atoms with Crippen molar-refractivity contribution < 1.29 is 4.39 Å². The molecule has 1 saturated carbocycles. The van der Waals surface area contributed by atoms with Crippen LogP contribution in [0.3, 0.4) is 0 Å². The summed E-state index contributed by atoms with van der Waals surface area (Å²) >= 11 is 0. The van der Waals surface area contributed by atoms with E-state index in [1.165, 1.54) is 19.3 Å². The van der Waals surface area contributed by atoms with Gasteiger partial charge >= 0.3 is 0 Å². The van der Waals surface area contributed by atoms with Crippen LogP contribution in [0.1, 0.15) is 51.5 Å². The molecule has 1 fully saturated rings. The van der Waals surface area contributed by atoms with Gasteiger partial charge in [-0.15, -0.1) is 0 Å². The Labute approximate surface area is 122 Å². The van der Waals surface area contributed by atoms with E-state index in [0.29, 0.717) is 23.3 Å². The summed E-state index contributed by atoms with van der Waals surface area (Å²) < 4.78 is 14.4. The molecule has 0 aromatic heterocycles. The SMILES string of the molecule is Cc1cc(N)c(N(CC(C)C)C2CCCCC2)c(F)c1. The summed E-state index contributed by atoms with van der Waals surface area (Å²) in [6.07, 6.45) is 6.09. The number of hydrogen-bond donors (Lipinski definition) is 1. The first-order valence-corrected chi connectivity index (χ1v) is 7.81. The molecule has 0 bridgehead atoms. The quantitative estimate of drug-likeness (QED) is 0.821. The van der Waals surface area contributed by atoms with Gasteiger partial charge in [0.2, 0.25) is 0 Å². The van der Waals surface area contributed by atoms with Gasteiger partial charge in [0.1, 0.15) is 5.82 Å². The van der Waals surface area contributed by atoms with E-state index in [1.807, 2.05) is 13.0 Å². The summed E-state index contributed by atoms with van der Waals surface area (Å²) in [6.45, 7) is 7.11. The zero-order chi connectivity index (χ0) is 14.7. The van der Waals surface area contributed by atoms with Crippen molar-refractivity contribution in [2.45, 2.75) is 58.9 Å². The summed E-state index contributed by atoms with van der Waals surface area (Å²) in [6, 6.07) is 3.92. The van der Waals surface area contributed by atoms with E-state index >= 15 is 0 Å². The highest BCUT2D eigenvalue weighted by Crippen LogP contribution is 2.34. The number of nitrogens with zero attached hydrogens (tertiary/aromatic N) is 1. The van der Waals surface area contributed by atoms with E-state index in [9.17, 15) is 4.39 Å². The van der Waals surface area contributed by atoms with Gasteiger partial charge < -0.3 is 10.6 Å². The monoisotopic (exact) mass is 278 g/mol. The standard InChI is InChI=1S/C17H27FN2/c1-12(2)11-20(14-7-5-4-6-8-14)17-15(18)9-13(3)10-16(17)19/h9-10,12,14H,4-8,11,19H2,1-3H3. The molecule has 0 radical (unpaired) electrons. The molecular formula is C17H27FN2. The maximum absolute atomic E-state index is 14.4. The number of nitrogen functional groups attached to an aromatic ring is 1. The van der Waals surface area contributed by atoms with Gasteiger partial charge in [-0.05, 0) is 43.4 Å². The van der Waals surface area contributed by atoms with Crippen LogP contribution in [0.25, 0.3) is 0 Å². The molecule has 0 atom stereocenters. The van der Waals surface area contributed by atoms with Crippen molar-refractivity contribution in [1.29, 1.82) is 0 Å². The zero-order valence-corrected chi connectivity index (χ0v) is 13.0. The first kappa shape index (κ1) is 15.1. The van der Waals surface area contributed by atoms with Gasteiger partial charge in [0, 0.05) is 12.6 Å². The molecule has 112 valence electrons. The predicted molar refractivity (Wildman–Crippen MR) is 84.6 cm³/mol. The fourth-order valence-electron chi connectivity index (χ4n) is 3.27. The lowest BCUT2D eigenvalue weighted by Gasteiger charge is -2.38. The smallest absolute Gasteiger partial charge is 0.148 e. The van der Waals surface area contributed by atoms with Crippen molar-refractivity contribution in [3.63, 3.8) is 0 Å². The number of nitrogens with two attached hydrogens (primary N) is 1. The van der Waals surface area contributed by atoms with Gasteiger partial charge in [-0.1, -0.05) is 33.1 Å². The van der Waals surface area contributed by atoms with Crippen LogP contribution in [-0.4, -0.2) is 12.6 Å². The molecule has 2 rings (SSSR count). The zero-order valence-electron chi connectivity index (χ0n) is 13.0. The van der Waals surface area contributed by atoms with Crippen LogP contribution in [0.5, 0.6) is 0 Å². The van der Waals surface area contributed by atoms with Crippen LogP contribution >= 0.6 is 0 Å². The minimum Gasteiger partial charge on any atom is -0.397 e. The van der Waals surface area contributed by atoms with Crippen molar-refractivity contribution in [3.05, 3.63) is 23.5 Å². The van der Waals surface area contributed by atoms with E-state index in [4.69, 9.17) is 5.73 Å². The average Bonchev–Trinajstić information content (AvgIpc) is 2.37. The number of anilines is 2. The van der Waals surface area contributed by atoms with Gasteiger partial charge in [0.25, 0.3) is 0 Å². The Morgan fingerprint density at radius 2 is 1.90 bits per heavy atom. The number of aryl methyl sites for hydroxylation is 1. The van der Waals surface area contributed by atoms with Crippen LogP contribution in [0, 0.1) is 18.7 Å². The van der Waals surface area contributed by atoms with Crippen LogP contribution in [-0.2, 0) is 0 Å². The molecule has 2 nitrogen and oxygen atoms in total. The summed E-state index contributed by atoms with van der Waals surface area (Å²) in [5.74, 6) is 0.325. The Morgan fingerprint density at radius 3 is 2.45 bits per heavy atom. The Kier molecular flexibility index (Phi) is 4.90. The lowest BCUT2D eigenvalue weighted by molar-refractivity contribution is 0.398. The first-order chi connectivity index (χ1) is 9.49. The summed E-state index contributed by atoms with van der Waals surface area (Å²) in [4.78, 5) is 2.23. The average molecular weight is 278 g/mol. The molecule has 20 heavy (non-hydrogen) atoms. The van der Waals surface area contributed by atoms with Crippen molar-refractivity contribution in [2.75, 3.05) is 17.2 Å². The highest BCUT2D eigenvalue weighted by Gasteiger charge is 2.25. The number of rotatable bonds is 4. The summed E-state index contributed by atoms with van der Waals surface area (Å²) in [7, 11) is 0. The van der Waals surface area contributed by atoms with Crippen LogP contribution in [0.15, 0.2) is 12.1 Å². The minimum atomic E-state index is -0.172. The van der Waals surface area contributed by atoms with E-state index in [0.717, 1.165) is 24.9 Å². The van der Waals surface area contributed by atoms with Gasteiger partial charge in [-0.3, -0.25) is 0 Å². The van der Waals surface area contributed by atoms with E-state index in [-0.39, 0.29) is 5.82 Å². The van der Waals surface area contributed by atoms with Gasteiger partial charge in [-0.2, -0.15) is 0 Å². The third kappa shape index (κ3) is 3.44. The van der Waals surface area contributed by atoms with Gasteiger partial charge in [-0.25, -0.2) is 4.39 Å². The third-order valence-corrected chi connectivity index (χ3v) is 4.10. The molecule has 1 aromatic rings. The molecule has 0 amide bonds. The molecule has 3 heteroatoms. The van der Waals surface area contributed by atoms with Crippen LogP contribution < -0.4 is 10.6 Å². The first-order valence-electron chi connectivity index (χ1n) is 7.81. The molecule has 1 aliphatic rings. The van der Waals surface area contributed by atoms with Crippen molar-refractivity contribution in [3.8, 4) is 0 Å². The Bertz CT molecular complexity index is 427. The Morgan fingerprint density at radius 1 is 1.25 bits per heavy atom. The predicted octanol–water partition coefficient (Wildman–Crippen LogP) is 4.51. The number of benzene rings is 1. The number of hydrogen-bond acceptors (Lipinski definition) is 2. The maximum atomic E-state index is 14.4. The van der Waals surface area contributed by atoms with Crippen LogP contribution in [0.4, 0.5) is 15.8 Å². The van der Waals surface area contributed by atoms with Crippen molar-refractivity contribution >= 4 is 11.4 Å². The van der Waals surface area contributed by atoms with E-state index in [2.05, 4.69) is 18.7 Å². The molecule has 1 aromatic carbocycles. The summed E-state index contributed by atoms with van der Waals surface area (Å²) in [5, 5.41) is 0. The van der Waals surface area contributed by atoms with Crippen LogP contribution in [0.2, 0.25) is 0 Å². The molecule has 0 aliphatic heterocycles. The minimum absolute atomic E-state index is 0.172. The largest absolute Gasteiger partial charge is 0.397 e. The van der Waals surface area contributed by atoms with E-state index in [1.54, 1.807) is 6.07 Å². The van der Waals surface area contributed by atoms with Crippen molar-refractivity contribution in [1.82, 2.24) is 0 Å². The Hall–Kier alpha value is -1.25. The maximum Gasteiger partial charge on any atom is 0.148 e. The van der Waals surface area contributed by atoms with E-state index < -0.39 is 0 Å². The van der Waals surface area contributed by atoms with Gasteiger partial charge in [0.15, 0.2) is 0 Å². The highest BCUT2D eigenvalue weighted by atomic mass is 19.1. The third-order valence-electron chi connectivity index (χ3n) is 4.10. The second kappa shape index (κ2) is 6.47. The summed E-state index contributed by atoms with van der Waals surface area (Å²) in [5.41, 5.74) is 8.21. The molecule has 2 N–H and O–H groups in total. The second-order valence-corrected chi connectivity index (χ2v) is 6.52.